The van der Waals surface area contributed by atoms with Gasteiger partial charge in [0.1, 0.15) is 0 Å². The second kappa shape index (κ2) is 5.93. The lowest BCUT2D eigenvalue weighted by Crippen LogP contribution is -1.91. The van der Waals surface area contributed by atoms with Gasteiger partial charge in [0.05, 0.1) is 5.69 Å². The zero-order chi connectivity index (χ0) is 15.5. The van der Waals surface area contributed by atoms with Gasteiger partial charge in [0.2, 0.25) is 0 Å². The Kier molecular flexibility index (Phi) is 3.49. The fourth-order valence-corrected chi connectivity index (χ4v) is 2.75. The smallest absolute Gasteiger partial charge is 0.0701 e. The molecule has 3 aromatic carbocycles. The van der Waals surface area contributed by atoms with Gasteiger partial charge in [-0.15, -0.1) is 0 Å². The highest BCUT2D eigenvalue weighted by Crippen LogP contribution is 2.27. The summed E-state index contributed by atoms with van der Waals surface area (Å²) in [7, 11) is 0. The Labute approximate surface area is 135 Å². The molecule has 1 N–H and O–H groups in total. The summed E-state index contributed by atoms with van der Waals surface area (Å²) in [5.74, 6) is 0. The lowest BCUT2D eigenvalue weighted by atomic mass is 10.1. The minimum atomic E-state index is 0.990. The second-order valence-electron chi connectivity index (χ2n) is 5.44. The van der Waals surface area contributed by atoms with Gasteiger partial charge in [-0.1, -0.05) is 54.6 Å². The molecule has 2 nitrogen and oxygen atoms in total. The molecule has 0 aliphatic heterocycles. The zero-order valence-corrected chi connectivity index (χ0v) is 12.6. The van der Waals surface area contributed by atoms with Crippen LogP contribution >= 0.6 is 0 Å². The van der Waals surface area contributed by atoms with Crippen molar-refractivity contribution in [2.45, 2.75) is 0 Å². The molecular weight excluding hydrogens is 280 g/mol. The van der Waals surface area contributed by atoms with Gasteiger partial charge in [0.15, 0.2) is 0 Å². The lowest BCUT2D eigenvalue weighted by molar-refractivity contribution is 1.33. The third-order valence-electron chi connectivity index (χ3n) is 3.91. The molecule has 23 heavy (non-hydrogen) atoms. The van der Waals surface area contributed by atoms with Crippen LogP contribution in [0, 0.1) is 0 Å². The van der Waals surface area contributed by atoms with Crippen LogP contribution in [0.1, 0.15) is 0 Å². The topological polar surface area (TPSA) is 24.9 Å². The van der Waals surface area contributed by atoms with E-state index in [0.717, 1.165) is 22.6 Å². The average molecular weight is 296 g/mol. The van der Waals surface area contributed by atoms with Gasteiger partial charge in [-0.25, -0.2) is 0 Å². The molecule has 110 valence electrons. The number of aromatic nitrogens is 1. The number of benzene rings is 3. The van der Waals surface area contributed by atoms with Gasteiger partial charge in [-0.2, -0.15) is 0 Å². The molecule has 4 aromatic rings. The van der Waals surface area contributed by atoms with Crippen LogP contribution in [-0.4, -0.2) is 4.98 Å². The van der Waals surface area contributed by atoms with Gasteiger partial charge in [0.25, 0.3) is 0 Å². The molecule has 0 saturated heterocycles. The first-order valence-electron chi connectivity index (χ1n) is 7.66. The van der Waals surface area contributed by atoms with Gasteiger partial charge < -0.3 is 5.32 Å². The summed E-state index contributed by atoms with van der Waals surface area (Å²) in [6.07, 6.45) is 1.82. The van der Waals surface area contributed by atoms with E-state index in [2.05, 4.69) is 77.0 Å². The third-order valence-corrected chi connectivity index (χ3v) is 3.91. The molecule has 0 saturated carbocycles. The highest BCUT2D eigenvalue weighted by atomic mass is 14.9. The number of pyridine rings is 1. The first kappa shape index (κ1) is 13.5. The Morgan fingerprint density at radius 3 is 2.26 bits per heavy atom. The van der Waals surface area contributed by atoms with Crippen LogP contribution in [0.4, 0.5) is 11.4 Å². The second-order valence-corrected chi connectivity index (χ2v) is 5.44. The van der Waals surface area contributed by atoms with Gasteiger partial charge >= 0.3 is 0 Å². The average Bonchev–Trinajstić information content (AvgIpc) is 2.63. The van der Waals surface area contributed by atoms with Gasteiger partial charge in [0, 0.05) is 28.5 Å². The molecule has 0 spiro atoms. The van der Waals surface area contributed by atoms with E-state index in [-0.39, 0.29) is 0 Å². The minimum absolute atomic E-state index is 0.990. The van der Waals surface area contributed by atoms with Crippen LogP contribution in [0.2, 0.25) is 0 Å². The van der Waals surface area contributed by atoms with Crippen LogP contribution in [-0.2, 0) is 0 Å². The lowest BCUT2D eigenvalue weighted by Gasteiger charge is -2.10. The van der Waals surface area contributed by atoms with Crippen molar-refractivity contribution in [3.63, 3.8) is 0 Å². The SMILES string of the molecule is c1ccc(-c2ccc(Nc3cccc4ccccc34)cc2)nc1. The van der Waals surface area contributed by atoms with Gasteiger partial charge in [-0.3, -0.25) is 4.98 Å². The van der Waals surface area contributed by atoms with E-state index >= 15 is 0 Å². The third kappa shape index (κ3) is 2.79. The maximum absolute atomic E-state index is 4.38. The van der Waals surface area contributed by atoms with Crippen LogP contribution in [0.15, 0.2) is 91.1 Å². The Morgan fingerprint density at radius 2 is 1.43 bits per heavy atom. The van der Waals surface area contributed by atoms with Crippen molar-refractivity contribution >= 4 is 22.1 Å². The van der Waals surface area contributed by atoms with Crippen molar-refractivity contribution in [1.29, 1.82) is 0 Å². The highest BCUT2D eigenvalue weighted by Gasteiger charge is 2.02. The summed E-state index contributed by atoms with van der Waals surface area (Å²) in [6.45, 7) is 0. The molecule has 0 amide bonds. The number of hydrogen-bond acceptors (Lipinski definition) is 2. The molecule has 0 aliphatic rings. The molecule has 2 heteroatoms. The molecule has 0 bridgehead atoms. The Balaban J connectivity index is 1.64. The van der Waals surface area contributed by atoms with Crippen molar-refractivity contribution < 1.29 is 0 Å². The van der Waals surface area contributed by atoms with E-state index in [0.29, 0.717) is 0 Å². The summed E-state index contributed by atoms with van der Waals surface area (Å²) in [4.78, 5) is 4.38. The van der Waals surface area contributed by atoms with E-state index in [1.807, 2.05) is 24.4 Å². The quantitative estimate of drug-likeness (QED) is 0.528. The molecule has 0 fully saturated rings. The number of anilines is 2. The predicted molar refractivity (Wildman–Crippen MR) is 96.9 cm³/mol. The molecule has 0 aliphatic carbocycles. The van der Waals surface area contributed by atoms with Crippen molar-refractivity contribution in [2.24, 2.45) is 0 Å². The van der Waals surface area contributed by atoms with Crippen molar-refractivity contribution in [1.82, 2.24) is 4.98 Å². The van der Waals surface area contributed by atoms with Gasteiger partial charge in [-0.05, 0) is 35.7 Å². The summed E-state index contributed by atoms with van der Waals surface area (Å²) < 4.78 is 0. The Morgan fingerprint density at radius 1 is 0.652 bits per heavy atom. The van der Waals surface area contributed by atoms with E-state index in [1.54, 1.807) is 0 Å². The molecule has 0 radical (unpaired) electrons. The van der Waals surface area contributed by atoms with E-state index < -0.39 is 0 Å². The Hall–Kier alpha value is -3.13. The normalized spacial score (nSPS) is 10.6. The van der Waals surface area contributed by atoms with Crippen LogP contribution in [0.25, 0.3) is 22.0 Å². The van der Waals surface area contributed by atoms with E-state index in [4.69, 9.17) is 0 Å². The largest absolute Gasteiger partial charge is 0.355 e. The highest BCUT2D eigenvalue weighted by molar-refractivity contribution is 5.95. The summed E-state index contributed by atoms with van der Waals surface area (Å²) in [5, 5.41) is 5.97. The predicted octanol–water partition coefficient (Wildman–Crippen LogP) is 5.65. The van der Waals surface area contributed by atoms with E-state index in [9.17, 15) is 0 Å². The Bertz CT molecular complexity index is 923. The number of hydrogen-bond donors (Lipinski definition) is 1. The minimum Gasteiger partial charge on any atom is -0.355 e. The fourth-order valence-electron chi connectivity index (χ4n) is 2.75. The molecule has 1 aromatic heterocycles. The molecule has 0 atom stereocenters. The standard InChI is InChI=1S/C21H16N2/c1-2-8-19-16(6-1)7-5-10-21(19)23-18-13-11-17(12-14-18)20-9-3-4-15-22-20/h1-15,23H. The molecule has 4 rings (SSSR count). The van der Waals surface area contributed by atoms with E-state index in [1.165, 1.54) is 10.8 Å². The zero-order valence-electron chi connectivity index (χ0n) is 12.6. The number of nitrogens with one attached hydrogen (secondary N) is 1. The van der Waals surface area contributed by atoms with Crippen LogP contribution in [0.3, 0.4) is 0 Å². The van der Waals surface area contributed by atoms with Crippen molar-refractivity contribution in [2.75, 3.05) is 5.32 Å². The first-order chi connectivity index (χ1) is 11.4. The fraction of sp³-hybridized carbons (Fsp3) is 0. The van der Waals surface area contributed by atoms with Crippen LogP contribution in [0.5, 0.6) is 0 Å². The first-order valence-corrected chi connectivity index (χ1v) is 7.66. The molecular formula is C21H16N2. The molecule has 1 heterocycles. The maximum atomic E-state index is 4.38. The number of fused-ring (bicyclic) bond motifs is 1. The number of rotatable bonds is 3. The summed E-state index contributed by atoms with van der Waals surface area (Å²) in [6, 6.07) is 29.0. The number of nitrogens with zero attached hydrogens (tertiary/aromatic N) is 1. The summed E-state index contributed by atoms with van der Waals surface area (Å²) >= 11 is 0. The monoisotopic (exact) mass is 296 g/mol. The van der Waals surface area contributed by atoms with Crippen molar-refractivity contribution in [3.05, 3.63) is 91.1 Å². The van der Waals surface area contributed by atoms with Crippen LogP contribution < -0.4 is 5.32 Å². The maximum Gasteiger partial charge on any atom is 0.0701 e. The molecule has 0 unspecified atom stereocenters. The van der Waals surface area contributed by atoms with Crippen molar-refractivity contribution in [3.8, 4) is 11.3 Å². The summed E-state index contributed by atoms with van der Waals surface area (Å²) in [5.41, 5.74) is 4.30.